The van der Waals surface area contributed by atoms with E-state index in [1.165, 1.54) is 23.5 Å². The molecular weight excluding hydrogens is 442 g/mol. The number of rotatable bonds is 10. The fourth-order valence-electron chi connectivity index (χ4n) is 5.09. The van der Waals surface area contributed by atoms with Gasteiger partial charge in [-0.1, -0.05) is 26.0 Å². The van der Waals surface area contributed by atoms with Gasteiger partial charge in [-0.25, -0.2) is 8.42 Å². The lowest BCUT2D eigenvalue weighted by molar-refractivity contribution is -0.128. The van der Waals surface area contributed by atoms with Crippen LogP contribution in [0.25, 0.3) is 0 Å². The molecule has 1 aromatic rings. The summed E-state index contributed by atoms with van der Waals surface area (Å²) in [5.74, 6) is 0.180. The summed E-state index contributed by atoms with van der Waals surface area (Å²) in [6, 6.07) is 6.32. The predicted molar refractivity (Wildman–Crippen MR) is 117 cm³/mol. The molecule has 10 heteroatoms. The Morgan fingerprint density at radius 3 is 2.45 bits per heavy atom. The summed E-state index contributed by atoms with van der Waals surface area (Å²) in [5.41, 5.74) is -0.629. The average molecular weight is 474 g/mol. The standard InChI is InChI=1S/C21H31NO7S2/c1-20(2)17-8-9-21(20,19(23)13-17)15-31(26,27)22(10-11-28-3)14-16-6-5-7-18(12-16)29-30(4,24)25/h5-7,12,17H,8-11,13-15H2,1-4H3. The van der Waals surface area contributed by atoms with Gasteiger partial charge in [-0.2, -0.15) is 12.7 Å². The van der Waals surface area contributed by atoms with Crippen LogP contribution >= 0.6 is 0 Å². The number of Topliss-reactive ketones (excluding diaryl/α,β-unsaturated/α-hetero) is 1. The van der Waals surface area contributed by atoms with Gasteiger partial charge >= 0.3 is 10.1 Å². The highest BCUT2D eigenvalue weighted by molar-refractivity contribution is 7.89. The van der Waals surface area contributed by atoms with Gasteiger partial charge < -0.3 is 8.92 Å². The quantitative estimate of drug-likeness (QED) is 0.480. The van der Waals surface area contributed by atoms with E-state index in [0.717, 1.165) is 12.7 Å². The molecular formula is C21H31NO7S2. The number of ketones is 1. The van der Waals surface area contributed by atoms with Crippen LogP contribution in [0.1, 0.15) is 38.7 Å². The first-order valence-corrected chi connectivity index (χ1v) is 13.7. The van der Waals surface area contributed by atoms with Crippen LogP contribution < -0.4 is 4.18 Å². The summed E-state index contributed by atoms with van der Waals surface area (Å²) < 4.78 is 61.2. The van der Waals surface area contributed by atoms with Crippen LogP contribution in [0.2, 0.25) is 0 Å². The number of nitrogens with zero attached hydrogens (tertiary/aromatic N) is 1. The molecule has 0 spiro atoms. The number of hydrogen-bond acceptors (Lipinski definition) is 7. The molecule has 3 rings (SSSR count). The third-order valence-electron chi connectivity index (χ3n) is 7.01. The maximum absolute atomic E-state index is 13.5. The lowest BCUT2D eigenvalue weighted by Crippen LogP contribution is -2.47. The van der Waals surface area contributed by atoms with Crippen LogP contribution in [0.15, 0.2) is 24.3 Å². The number of methoxy groups -OCH3 is 1. The Hall–Kier alpha value is -1.49. The molecule has 8 nitrogen and oxygen atoms in total. The van der Waals surface area contributed by atoms with Crippen LogP contribution in [-0.2, 0) is 36.2 Å². The van der Waals surface area contributed by atoms with Crippen molar-refractivity contribution in [2.75, 3.05) is 32.3 Å². The normalized spacial score (nSPS) is 25.3. The summed E-state index contributed by atoms with van der Waals surface area (Å²) in [6.45, 7) is 4.38. The number of ether oxygens (including phenoxy) is 1. The Morgan fingerprint density at radius 1 is 1.19 bits per heavy atom. The summed E-state index contributed by atoms with van der Waals surface area (Å²) >= 11 is 0. The molecule has 2 aliphatic rings. The van der Waals surface area contributed by atoms with Gasteiger partial charge in [-0.3, -0.25) is 4.79 Å². The maximum Gasteiger partial charge on any atom is 0.306 e. The second-order valence-corrected chi connectivity index (χ2v) is 12.7. The molecule has 0 aromatic heterocycles. The van der Waals surface area contributed by atoms with Crippen molar-refractivity contribution in [2.45, 2.75) is 39.7 Å². The van der Waals surface area contributed by atoms with E-state index in [0.29, 0.717) is 18.4 Å². The van der Waals surface area contributed by atoms with E-state index in [4.69, 9.17) is 8.92 Å². The molecule has 2 atom stereocenters. The Balaban J connectivity index is 1.87. The van der Waals surface area contributed by atoms with E-state index in [1.54, 1.807) is 12.1 Å². The van der Waals surface area contributed by atoms with Gasteiger partial charge in [-0.05, 0) is 41.9 Å². The van der Waals surface area contributed by atoms with Gasteiger partial charge in [0.25, 0.3) is 0 Å². The first kappa shape index (κ1) is 24.2. The molecule has 0 heterocycles. The Morgan fingerprint density at radius 2 is 1.90 bits per heavy atom. The van der Waals surface area contributed by atoms with Crippen molar-refractivity contribution < 1.29 is 30.6 Å². The lowest BCUT2D eigenvalue weighted by Gasteiger charge is -2.37. The van der Waals surface area contributed by atoms with Crippen molar-refractivity contribution in [2.24, 2.45) is 16.7 Å². The minimum absolute atomic E-state index is 0.0286. The zero-order valence-corrected chi connectivity index (χ0v) is 20.1. The molecule has 2 fully saturated rings. The molecule has 1 aromatic carbocycles. The number of hydrogen-bond donors (Lipinski definition) is 0. The molecule has 2 saturated carbocycles. The van der Waals surface area contributed by atoms with Crippen molar-refractivity contribution in [3.8, 4) is 5.75 Å². The highest BCUT2D eigenvalue weighted by atomic mass is 32.2. The smallest absolute Gasteiger partial charge is 0.306 e. The topological polar surface area (TPSA) is 107 Å². The zero-order chi connectivity index (χ0) is 23.1. The number of carbonyl (C=O) groups excluding carboxylic acids is 1. The summed E-state index contributed by atoms with van der Waals surface area (Å²) in [4.78, 5) is 12.8. The monoisotopic (exact) mass is 473 g/mol. The van der Waals surface area contributed by atoms with E-state index in [2.05, 4.69) is 0 Å². The van der Waals surface area contributed by atoms with E-state index in [-0.39, 0.29) is 48.3 Å². The number of benzene rings is 1. The zero-order valence-electron chi connectivity index (χ0n) is 18.5. The van der Waals surface area contributed by atoms with E-state index in [1.807, 2.05) is 13.8 Å². The summed E-state index contributed by atoms with van der Waals surface area (Å²) in [6.07, 6.45) is 2.87. The first-order valence-electron chi connectivity index (χ1n) is 10.3. The van der Waals surface area contributed by atoms with Crippen LogP contribution in [0.5, 0.6) is 5.75 Å². The Kier molecular flexibility index (Phi) is 6.59. The molecule has 31 heavy (non-hydrogen) atoms. The van der Waals surface area contributed by atoms with Crippen molar-refractivity contribution in [1.82, 2.24) is 4.31 Å². The molecule has 2 bridgehead atoms. The van der Waals surface area contributed by atoms with Gasteiger partial charge in [0, 0.05) is 32.0 Å². The second-order valence-electron chi connectivity index (χ2n) is 9.18. The maximum atomic E-state index is 13.5. The van der Waals surface area contributed by atoms with Gasteiger partial charge in [0.05, 0.1) is 18.6 Å². The van der Waals surface area contributed by atoms with Crippen molar-refractivity contribution in [3.05, 3.63) is 29.8 Å². The third-order valence-corrected chi connectivity index (χ3v) is 9.46. The van der Waals surface area contributed by atoms with Crippen LogP contribution in [0, 0.1) is 16.7 Å². The van der Waals surface area contributed by atoms with E-state index >= 15 is 0 Å². The SMILES string of the molecule is COCCN(Cc1cccc(OS(C)(=O)=O)c1)S(=O)(=O)CC12CCC(CC1=O)C2(C)C. The predicted octanol–water partition coefficient (Wildman–Crippen LogP) is 2.20. The Bertz CT molecular complexity index is 1050. The van der Waals surface area contributed by atoms with Gasteiger partial charge in [0.1, 0.15) is 11.5 Å². The molecule has 0 saturated heterocycles. The summed E-state index contributed by atoms with van der Waals surface area (Å²) in [5, 5.41) is 0. The highest BCUT2D eigenvalue weighted by Gasteiger charge is 2.65. The minimum Gasteiger partial charge on any atom is -0.383 e. The van der Waals surface area contributed by atoms with E-state index < -0.39 is 25.6 Å². The Labute approximate surface area is 185 Å². The molecule has 2 unspecified atom stereocenters. The number of carbonyl (C=O) groups is 1. The molecule has 0 radical (unpaired) electrons. The minimum atomic E-state index is -3.80. The number of sulfonamides is 1. The average Bonchev–Trinajstić information content (AvgIpc) is 2.98. The summed E-state index contributed by atoms with van der Waals surface area (Å²) in [7, 11) is -6.00. The van der Waals surface area contributed by atoms with Crippen molar-refractivity contribution in [1.29, 1.82) is 0 Å². The molecule has 0 aliphatic heterocycles. The highest BCUT2D eigenvalue weighted by Crippen LogP contribution is 2.64. The van der Waals surface area contributed by atoms with Crippen molar-refractivity contribution >= 4 is 25.9 Å². The van der Waals surface area contributed by atoms with Gasteiger partial charge in [0.2, 0.25) is 10.0 Å². The molecule has 0 N–H and O–H groups in total. The molecule has 0 amide bonds. The molecule has 174 valence electrons. The van der Waals surface area contributed by atoms with Crippen LogP contribution in [-0.4, -0.2) is 59.2 Å². The van der Waals surface area contributed by atoms with E-state index in [9.17, 15) is 21.6 Å². The fourth-order valence-corrected chi connectivity index (χ4v) is 7.73. The lowest BCUT2D eigenvalue weighted by atomic mass is 9.70. The van der Waals surface area contributed by atoms with Crippen LogP contribution in [0.4, 0.5) is 0 Å². The first-order chi connectivity index (χ1) is 14.3. The second kappa shape index (κ2) is 8.46. The van der Waals surface area contributed by atoms with Crippen molar-refractivity contribution in [3.63, 3.8) is 0 Å². The largest absolute Gasteiger partial charge is 0.383 e. The fraction of sp³-hybridized carbons (Fsp3) is 0.667. The van der Waals surface area contributed by atoms with Crippen LogP contribution in [0.3, 0.4) is 0 Å². The number of fused-ring (bicyclic) bond motifs is 2. The third kappa shape index (κ3) is 4.81. The van der Waals surface area contributed by atoms with Gasteiger partial charge in [-0.15, -0.1) is 0 Å². The van der Waals surface area contributed by atoms with Gasteiger partial charge in [0.15, 0.2) is 0 Å². The molecule has 2 aliphatic carbocycles.